The molecule has 22 heavy (non-hydrogen) atoms. The van der Waals surface area contributed by atoms with Crippen LogP contribution in [-0.2, 0) is 14.0 Å². The van der Waals surface area contributed by atoms with Crippen molar-refractivity contribution in [2.24, 2.45) is 0 Å². The van der Waals surface area contributed by atoms with Gasteiger partial charge in [0.1, 0.15) is 5.72 Å². The number of rotatable bonds is 4. The van der Waals surface area contributed by atoms with Crippen LogP contribution in [-0.4, -0.2) is 54.6 Å². The monoisotopic (exact) mass is 327 g/mol. The predicted octanol–water partition coefficient (Wildman–Crippen LogP) is 2.66. The van der Waals surface area contributed by atoms with Crippen LogP contribution in [0.4, 0.5) is 0 Å². The summed E-state index contributed by atoms with van der Waals surface area (Å²) < 4.78 is 12.0. The molecule has 0 radical (unpaired) electrons. The van der Waals surface area contributed by atoms with E-state index in [1.54, 1.807) is 4.90 Å². The molecule has 1 amide bonds. The van der Waals surface area contributed by atoms with E-state index in [-0.39, 0.29) is 22.7 Å². The molecule has 1 aliphatic heterocycles. The van der Waals surface area contributed by atoms with Gasteiger partial charge in [0.05, 0.1) is 19.3 Å². The van der Waals surface area contributed by atoms with E-state index in [0.717, 1.165) is 0 Å². The van der Waals surface area contributed by atoms with Crippen molar-refractivity contribution in [1.82, 2.24) is 4.90 Å². The van der Waals surface area contributed by atoms with Crippen molar-refractivity contribution in [2.75, 3.05) is 13.2 Å². The van der Waals surface area contributed by atoms with Gasteiger partial charge in [-0.05, 0) is 32.0 Å². The number of hydrogen-bond donors (Lipinski definition) is 0. The van der Waals surface area contributed by atoms with Crippen LogP contribution in [0, 0.1) is 0 Å². The molecule has 0 spiro atoms. The lowest BCUT2D eigenvalue weighted by Crippen LogP contribution is -2.53. The second-order valence-corrected chi connectivity index (χ2v) is 12.7. The van der Waals surface area contributed by atoms with E-state index in [9.17, 15) is 4.79 Å². The Morgan fingerprint density at radius 2 is 2.00 bits per heavy atom. The Kier molecular flexibility index (Phi) is 5.40. The molecule has 6 nitrogen and oxygen atoms in total. The molecular weight excluding hydrogens is 298 g/mol. The quantitative estimate of drug-likeness (QED) is 0.345. The number of carbonyl (C=O) groups excluding carboxylic acids is 1. The fourth-order valence-corrected chi connectivity index (χ4v) is 3.20. The molecule has 0 aromatic carbocycles. The highest BCUT2D eigenvalue weighted by atomic mass is 28.4. The standard InChI is InChI=1S/C15H29N3O3Si/c1-11(17-16)13(19)18-12(9-20-15(18,5)6)10-21-22(7,8)14(2,3)4/h12H,9-10H2,1-8H3/t12-/m1/s1. The summed E-state index contributed by atoms with van der Waals surface area (Å²) in [6.45, 7) is 16.9. The van der Waals surface area contributed by atoms with Crippen molar-refractivity contribution >= 4 is 19.9 Å². The average Bonchev–Trinajstić information content (AvgIpc) is 2.68. The van der Waals surface area contributed by atoms with Crippen LogP contribution in [0.15, 0.2) is 0 Å². The lowest BCUT2D eigenvalue weighted by Gasteiger charge is -2.38. The van der Waals surface area contributed by atoms with E-state index in [4.69, 9.17) is 14.7 Å². The van der Waals surface area contributed by atoms with Gasteiger partial charge in [0.2, 0.25) is 0 Å². The minimum Gasteiger partial charge on any atom is -0.415 e. The fraction of sp³-hybridized carbons (Fsp3) is 0.867. The van der Waals surface area contributed by atoms with Crippen LogP contribution in [0.25, 0.3) is 5.53 Å². The predicted molar refractivity (Wildman–Crippen MR) is 88.1 cm³/mol. The fourth-order valence-electron chi connectivity index (χ4n) is 2.16. The molecule has 1 saturated heterocycles. The SMILES string of the molecule is CC(=[N+]=[N-])C(=O)N1[C@@H](CO[Si](C)(C)C(C)(C)C)COC1(C)C. The van der Waals surface area contributed by atoms with Gasteiger partial charge in [-0.15, -0.1) is 0 Å². The van der Waals surface area contributed by atoms with Crippen molar-refractivity contribution in [2.45, 2.75) is 71.4 Å². The van der Waals surface area contributed by atoms with E-state index >= 15 is 0 Å². The number of hydrogen-bond acceptors (Lipinski definition) is 3. The third-order valence-electron chi connectivity index (χ3n) is 4.70. The Morgan fingerprint density at radius 1 is 1.45 bits per heavy atom. The molecule has 1 fully saturated rings. The van der Waals surface area contributed by atoms with Crippen LogP contribution in [0.1, 0.15) is 41.5 Å². The normalized spacial score (nSPS) is 21.6. The number of ether oxygens (including phenoxy) is 1. The van der Waals surface area contributed by atoms with Crippen molar-refractivity contribution in [1.29, 1.82) is 0 Å². The first kappa shape index (κ1) is 19.0. The Morgan fingerprint density at radius 3 is 2.45 bits per heavy atom. The first-order valence-corrected chi connectivity index (χ1v) is 10.5. The molecule has 1 aliphatic rings. The summed E-state index contributed by atoms with van der Waals surface area (Å²) in [6.07, 6.45) is 0. The Balaban J connectivity index is 2.91. The molecule has 1 heterocycles. The topological polar surface area (TPSA) is 75.2 Å². The maximum atomic E-state index is 12.4. The molecule has 0 aromatic rings. The molecule has 0 aliphatic carbocycles. The molecule has 0 unspecified atom stereocenters. The number of amides is 1. The van der Waals surface area contributed by atoms with Gasteiger partial charge in [0, 0.05) is 6.92 Å². The first-order valence-electron chi connectivity index (χ1n) is 7.64. The molecule has 126 valence electrons. The minimum absolute atomic E-state index is 0.0518. The molecule has 0 bridgehead atoms. The van der Waals surface area contributed by atoms with Crippen LogP contribution in [0.3, 0.4) is 0 Å². The third-order valence-corrected chi connectivity index (χ3v) is 9.20. The molecule has 0 N–H and O–H groups in total. The second kappa shape index (κ2) is 6.24. The summed E-state index contributed by atoms with van der Waals surface area (Å²) >= 11 is 0. The highest BCUT2D eigenvalue weighted by Crippen LogP contribution is 2.37. The van der Waals surface area contributed by atoms with E-state index in [0.29, 0.717) is 13.2 Å². The lowest BCUT2D eigenvalue weighted by molar-refractivity contribution is -0.143. The minimum atomic E-state index is -1.89. The van der Waals surface area contributed by atoms with E-state index < -0.39 is 14.0 Å². The zero-order valence-electron chi connectivity index (χ0n) is 15.1. The molecule has 0 saturated carbocycles. The third kappa shape index (κ3) is 3.84. The smallest absolute Gasteiger partial charge is 0.353 e. The van der Waals surface area contributed by atoms with Crippen LogP contribution < -0.4 is 0 Å². The number of nitrogens with zero attached hydrogens (tertiary/aromatic N) is 3. The van der Waals surface area contributed by atoms with Crippen LogP contribution in [0.2, 0.25) is 18.1 Å². The van der Waals surface area contributed by atoms with E-state index in [1.165, 1.54) is 6.92 Å². The van der Waals surface area contributed by atoms with Gasteiger partial charge in [0.25, 0.3) is 0 Å². The maximum Gasteiger partial charge on any atom is 0.353 e. The Bertz CT molecular complexity index is 491. The molecule has 1 rings (SSSR count). The van der Waals surface area contributed by atoms with Crippen molar-refractivity contribution in [3.8, 4) is 0 Å². The van der Waals surface area contributed by atoms with Gasteiger partial charge in [-0.25, -0.2) is 0 Å². The van der Waals surface area contributed by atoms with Crippen molar-refractivity contribution < 1.29 is 18.7 Å². The lowest BCUT2D eigenvalue weighted by atomic mass is 10.2. The molecule has 7 heteroatoms. The van der Waals surface area contributed by atoms with Gasteiger partial charge in [-0.2, -0.15) is 4.79 Å². The molecule has 0 aromatic heterocycles. The summed E-state index contributed by atoms with van der Waals surface area (Å²) in [5.41, 5.74) is 8.18. The van der Waals surface area contributed by atoms with Gasteiger partial charge in [0.15, 0.2) is 8.32 Å². The highest BCUT2D eigenvalue weighted by molar-refractivity contribution is 6.74. The summed E-state index contributed by atoms with van der Waals surface area (Å²) in [6, 6.07) is -0.173. The molecular formula is C15H29N3O3Si. The summed E-state index contributed by atoms with van der Waals surface area (Å²) in [4.78, 5) is 17.1. The molecule has 1 atom stereocenters. The zero-order valence-corrected chi connectivity index (χ0v) is 16.1. The van der Waals surface area contributed by atoms with Crippen LogP contribution in [0.5, 0.6) is 0 Å². The Labute approximate surface area is 134 Å². The zero-order chi connectivity index (χ0) is 17.3. The largest absolute Gasteiger partial charge is 0.415 e. The van der Waals surface area contributed by atoms with Crippen LogP contribution >= 0.6 is 0 Å². The van der Waals surface area contributed by atoms with E-state index in [2.05, 4.69) is 38.7 Å². The van der Waals surface area contributed by atoms with Gasteiger partial charge in [-0.1, -0.05) is 20.8 Å². The number of carbonyl (C=O) groups is 1. The average molecular weight is 328 g/mol. The second-order valence-electron chi connectivity index (χ2n) is 7.84. The van der Waals surface area contributed by atoms with Gasteiger partial charge in [-0.3, -0.25) is 9.69 Å². The maximum absolute atomic E-state index is 12.4. The summed E-state index contributed by atoms with van der Waals surface area (Å²) in [5.74, 6) is -0.325. The van der Waals surface area contributed by atoms with Crippen molar-refractivity contribution in [3.05, 3.63) is 5.53 Å². The first-order chi connectivity index (χ1) is 9.83. The summed E-state index contributed by atoms with van der Waals surface area (Å²) in [5, 5.41) is 0.110. The highest BCUT2D eigenvalue weighted by Gasteiger charge is 2.47. The summed E-state index contributed by atoms with van der Waals surface area (Å²) in [7, 11) is -1.89. The van der Waals surface area contributed by atoms with Gasteiger partial charge >= 0.3 is 11.6 Å². The van der Waals surface area contributed by atoms with Gasteiger partial charge < -0.3 is 14.7 Å². The van der Waals surface area contributed by atoms with E-state index in [1.807, 2.05) is 13.8 Å². The Hall–Kier alpha value is -1.01. The van der Waals surface area contributed by atoms with Crippen molar-refractivity contribution in [3.63, 3.8) is 0 Å².